The molecule has 2 aromatic rings. The minimum atomic E-state index is -0.482. The minimum absolute atomic E-state index is 0.0534. The van der Waals surface area contributed by atoms with E-state index in [1.54, 1.807) is 4.57 Å². The van der Waals surface area contributed by atoms with Gasteiger partial charge in [-0.3, -0.25) is 20.0 Å². The van der Waals surface area contributed by atoms with Gasteiger partial charge in [-0.25, -0.2) is 4.98 Å². The van der Waals surface area contributed by atoms with Gasteiger partial charge in [-0.15, -0.1) is 0 Å². The summed E-state index contributed by atoms with van der Waals surface area (Å²) in [5.41, 5.74) is 0.282. The van der Waals surface area contributed by atoms with Gasteiger partial charge in [-0.1, -0.05) is 0 Å². The van der Waals surface area contributed by atoms with Crippen LogP contribution in [-0.2, 0) is 6.42 Å². The molecule has 21 heavy (non-hydrogen) atoms. The lowest BCUT2D eigenvalue weighted by atomic mass is 10.3. The highest BCUT2D eigenvalue weighted by atomic mass is 16.6. The first-order chi connectivity index (χ1) is 10.1. The summed E-state index contributed by atoms with van der Waals surface area (Å²) in [6, 6.07) is 1.52. The van der Waals surface area contributed by atoms with Gasteiger partial charge in [0.25, 0.3) is 11.6 Å². The zero-order valence-electron chi connectivity index (χ0n) is 11.2. The molecule has 0 bridgehead atoms. The largest absolute Gasteiger partial charge is 0.350 e. The maximum absolute atomic E-state index is 12.2. The number of rotatable bonds is 6. The molecule has 1 saturated carbocycles. The molecule has 1 aliphatic rings. The summed E-state index contributed by atoms with van der Waals surface area (Å²) in [5, 5.41) is 20.0. The Hall–Kier alpha value is -2.71. The number of H-pyrrole nitrogens is 1. The minimum Gasteiger partial charge on any atom is -0.350 e. The Bertz CT molecular complexity index is 659. The van der Waals surface area contributed by atoms with Crippen molar-refractivity contribution in [1.29, 1.82) is 0 Å². The number of hydrogen-bond acceptors (Lipinski definition) is 5. The normalized spacial score (nSPS) is 14.1. The predicted octanol–water partition coefficient (Wildman–Crippen LogP) is 0.822. The number of aromatic amines is 1. The fourth-order valence-corrected chi connectivity index (χ4v) is 2.14. The van der Waals surface area contributed by atoms with Crippen molar-refractivity contribution in [3.05, 3.63) is 40.2 Å². The van der Waals surface area contributed by atoms with E-state index in [0.717, 1.165) is 12.8 Å². The second-order valence-electron chi connectivity index (χ2n) is 4.92. The van der Waals surface area contributed by atoms with E-state index in [1.807, 2.05) is 0 Å². The Morgan fingerprint density at radius 2 is 2.38 bits per heavy atom. The molecule has 0 aliphatic heterocycles. The molecule has 2 aromatic heterocycles. The van der Waals surface area contributed by atoms with Gasteiger partial charge in [0.05, 0.1) is 11.1 Å². The Kier molecular flexibility index (Phi) is 3.38. The molecule has 0 atom stereocenters. The third-order valence-corrected chi connectivity index (χ3v) is 3.33. The van der Waals surface area contributed by atoms with Crippen LogP contribution in [0.25, 0.3) is 0 Å². The molecule has 3 rings (SSSR count). The summed E-state index contributed by atoms with van der Waals surface area (Å²) >= 11 is 0. The van der Waals surface area contributed by atoms with Crippen LogP contribution < -0.4 is 5.32 Å². The summed E-state index contributed by atoms with van der Waals surface area (Å²) in [4.78, 5) is 26.5. The van der Waals surface area contributed by atoms with Crippen LogP contribution in [0.15, 0.2) is 18.6 Å². The van der Waals surface area contributed by atoms with E-state index in [9.17, 15) is 14.9 Å². The molecular weight excluding hydrogens is 276 g/mol. The van der Waals surface area contributed by atoms with E-state index >= 15 is 0 Å². The monoisotopic (exact) mass is 290 g/mol. The number of carbonyl (C=O) groups excluding carboxylic acids is 1. The van der Waals surface area contributed by atoms with Crippen LogP contribution in [0.1, 0.15) is 35.2 Å². The first-order valence-corrected chi connectivity index (χ1v) is 6.64. The lowest BCUT2D eigenvalue weighted by molar-refractivity contribution is -0.384. The van der Waals surface area contributed by atoms with E-state index in [-0.39, 0.29) is 17.6 Å². The van der Waals surface area contributed by atoms with Crippen LogP contribution >= 0.6 is 0 Å². The van der Waals surface area contributed by atoms with Gasteiger partial charge in [0, 0.05) is 25.1 Å². The summed E-state index contributed by atoms with van der Waals surface area (Å²) in [6.07, 6.45) is 5.26. The summed E-state index contributed by atoms with van der Waals surface area (Å²) < 4.78 is 1.70. The number of aromatic nitrogens is 4. The zero-order chi connectivity index (χ0) is 14.8. The number of amides is 1. The third kappa shape index (κ3) is 2.91. The van der Waals surface area contributed by atoms with Crippen molar-refractivity contribution in [2.45, 2.75) is 25.3 Å². The molecule has 110 valence electrons. The molecule has 9 heteroatoms. The van der Waals surface area contributed by atoms with Gasteiger partial charge in [-0.2, -0.15) is 5.10 Å². The van der Waals surface area contributed by atoms with Gasteiger partial charge >= 0.3 is 0 Å². The molecule has 1 aliphatic carbocycles. The number of nitrogens with one attached hydrogen (secondary N) is 2. The molecule has 0 spiro atoms. The number of carbonyl (C=O) groups is 1. The zero-order valence-corrected chi connectivity index (χ0v) is 11.2. The molecule has 1 amide bonds. The quantitative estimate of drug-likeness (QED) is 0.603. The van der Waals surface area contributed by atoms with Crippen molar-refractivity contribution in [2.75, 3.05) is 6.54 Å². The topological polar surface area (TPSA) is 119 Å². The summed E-state index contributed by atoms with van der Waals surface area (Å²) in [5.74, 6) is 0.369. The van der Waals surface area contributed by atoms with Crippen molar-refractivity contribution in [3.8, 4) is 0 Å². The van der Waals surface area contributed by atoms with E-state index in [4.69, 9.17) is 0 Å². The van der Waals surface area contributed by atoms with Gasteiger partial charge in [0.1, 0.15) is 17.8 Å². The molecule has 0 unspecified atom stereocenters. The van der Waals surface area contributed by atoms with Crippen molar-refractivity contribution in [2.24, 2.45) is 0 Å². The standard InChI is InChI=1S/C12H14N6O3/c19-12(13-4-3-11-14-7-15-16-11)10-5-9(18(20)21)6-17(10)8-1-2-8/h5-8H,1-4H2,(H,13,19)(H,14,15,16). The van der Waals surface area contributed by atoms with E-state index in [0.29, 0.717) is 24.5 Å². The van der Waals surface area contributed by atoms with Crippen molar-refractivity contribution in [3.63, 3.8) is 0 Å². The smallest absolute Gasteiger partial charge is 0.287 e. The maximum Gasteiger partial charge on any atom is 0.287 e. The highest BCUT2D eigenvalue weighted by Gasteiger charge is 2.30. The highest BCUT2D eigenvalue weighted by Crippen LogP contribution is 2.37. The maximum atomic E-state index is 12.2. The van der Waals surface area contributed by atoms with Gasteiger partial charge < -0.3 is 9.88 Å². The second-order valence-corrected chi connectivity index (χ2v) is 4.92. The number of nitro groups is 1. The molecule has 0 aromatic carbocycles. The molecule has 0 radical (unpaired) electrons. The van der Waals surface area contributed by atoms with Gasteiger partial charge in [0.15, 0.2) is 0 Å². The van der Waals surface area contributed by atoms with Crippen LogP contribution in [0.5, 0.6) is 0 Å². The van der Waals surface area contributed by atoms with Crippen molar-refractivity contribution >= 4 is 11.6 Å². The van der Waals surface area contributed by atoms with Crippen LogP contribution in [0.3, 0.4) is 0 Å². The van der Waals surface area contributed by atoms with Gasteiger partial charge in [-0.05, 0) is 12.8 Å². The molecule has 1 fully saturated rings. The number of hydrogen-bond donors (Lipinski definition) is 2. The molecular formula is C12H14N6O3. The number of nitrogens with zero attached hydrogens (tertiary/aromatic N) is 4. The van der Waals surface area contributed by atoms with E-state index < -0.39 is 4.92 Å². The SMILES string of the molecule is O=C(NCCc1ncn[nH]1)c1cc([N+](=O)[O-])cn1C1CC1. The van der Waals surface area contributed by atoms with Crippen LogP contribution in [0, 0.1) is 10.1 Å². The molecule has 2 N–H and O–H groups in total. The summed E-state index contributed by atoms with van der Waals surface area (Å²) in [7, 11) is 0. The Labute approximate surface area is 119 Å². The van der Waals surface area contributed by atoms with Crippen molar-refractivity contribution < 1.29 is 9.72 Å². The Morgan fingerprint density at radius 3 is 3.00 bits per heavy atom. The van der Waals surface area contributed by atoms with Crippen LogP contribution in [-0.4, -0.2) is 37.1 Å². The average Bonchev–Trinajstić information content (AvgIpc) is 3.00. The van der Waals surface area contributed by atoms with Gasteiger partial charge in [0.2, 0.25) is 0 Å². The predicted molar refractivity (Wildman–Crippen MR) is 71.8 cm³/mol. The lowest BCUT2D eigenvalue weighted by Crippen LogP contribution is -2.27. The molecule has 2 heterocycles. The third-order valence-electron chi connectivity index (χ3n) is 3.33. The fourth-order valence-electron chi connectivity index (χ4n) is 2.14. The highest BCUT2D eigenvalue weighted by molar-refractivity contribution is 5.93. The van der Waals surface area contributed by atoms with E-state index in [1.165, 1.54) is 18.6 Å². The average molecular weight is 290 g/mol. The van der Waals surface area contributed by atoms with Crippen LogP contribution in [0.4, 0.5) is 5.69 Å². The second kappa shape index (κ2) is 5.35. The Balaban J connectivity index is 1.67. The molecule has 0 saturated heterocycles. The van der Waals surface area contributed by atoms with Crippen molar-refractivity contribution in [1.82, 2.24) is 25.1 Å². The van der Waals surface area contributed by atoms with E-state index in [2.05, 4.69) is 20.5 Å². The summed E-state index contributed by atoms with van der Waals surface area (Å²) in [6.45, 7) is 0.387. The Morgan fingerprint density at radius 1 is 1.57 bits per heavy atom. The first kappa shape index (κ1) is 13.3. The first-order valence-electron chi connectivity index (χ1n) is 6.64. The fraction of sp³-hybridized carbons (Fsp3) is 0.417. The lowest BCUT2D eigenvalue weighted by Gasteiger charge is -2.07. The van der Waals surface area contributed by atoms with Crippen LogP contribution in [0.2, 0.25) is 0 Å². The molecule has 9 nitrogen and oxygen atoms in total.